The molecule has 1 aromatic carbocycles. The van der Waals surface area contributed by atoms with E-state index in [4.69, 9.17) is 16.3 Å². The molecule has 1 fully saturated rings. The minimum Gasteiger partial charge on any atom is -0.496 e. The Balaban J connectivity index is 2.29. The smallest absolute Gasteiger partial charge is 0.122 e. The molecule has 1 aliphatic heterocycles. The lowest BCUT2D eigenvalue weighted by molar-refractivity contribution is 0.406. The van der Waals surface area contributed by atoms with Crippen LogP contribution in [0.1, 0.15) is 24.8 Å². The maximum absolute atomic E-state index is 6.01. The fourth-order valence-electron chi connectivity index (χ4n) is 2.20. The molecule has 15 heavy (non-hydrogen) atoms. The zero-order chi connectivity index (χ0) is 10.8. The standard InChI is InChI=1S/C12H16ClNO/c1-8-5-9(7-14-8)11-6-10(13)3-4-12(11)15-2/h3-4,6,8-9,14H,5,7H2,1-2H3. The van der Waals surface area contributed by atoms with Crippen molar-refractivity contribution < 1.29 is 4.74 Å². The SMILES string of the molecule is COc1ccc(Cl)cc1C1CNC(C)C1. The molecular formula is C12H16ClNO. The third-order valence-electron chi connectivity index (χ3n) is 2.98. The summed E-state index contributed by atoms with van der Waals surface area (Å²) in [5.41, 5.74) is 1.22. The third-order valence-corrected chi connectivity index (χ3v) is 3.22. The van der Waals surface area contributed by atoms with Crippen molar-refractivity contribution in [3.05, 3.63) is 28.8 Å². The molecule has 2 unspecified atom stereocenters. The van der Waals surface area contributed by atoms with Gasteiger partial charge in [-0.2, -0.15) is 0 Å². The molecule has 1 N–H and O–H groups in total. The van der Waals surface area contributed by atoms with Crippen LogP contribution in [0.5, 0.6) is 5.75 Å². The molecule has 0 bridgehead atoms. The Morgan fingerprint density at radius 3 is 2.87 bits per heavy atom. The lowest BCUT2D eigenvalue weighted by Gasteiger charge is -2.14. The summed E-state index contributed by atoms with van der Waals surface area (Å²) in [6.07, 6.45) is 1.15. The fourth-order valence-corrected chi connectivity index (χ4v) is 2.38. The summed E-state index contributed by atoms with van der Waals surface area (Å²) in [6.45, 7) is 3.22. The van der Waals surface area contributed by atoms with Gasteiger partial charge >= 0.3 is 0 Å². The number of benzene rings is 1. The van der Waals surface area contributed by atoms with Crippen LogP contribution in [0.15, 0.2) is 18.2 Å². The molecule has 1 saturated heterocycles. The van der Waals surface area contributed by atoms with Crippen LogP contribution < -0.4 is 10.1 Å². The van der Waals surface area contributed by atoms with Crippen molar-refractivity contribution in [2.75, 3.05) is 13.7 Å². The average Bonchev–Trinajstić information content (AvgIpc) is 2.65. The topological polar surface area (TPSA) is 21.3 Å². The highest BCUT2D eigenvalue weighted by Gasteiger charge is 2.24. The summed E-state index contributed by atoms with van der Waals surface area (Å²) < 4.78 is 5.36. The van der Waals surface area contributed by atoms with Gasteiger partial charge in [0.25, 0.3) is 0 Å². The van der Waals surface area contributed by atoms with E-state index < -0.39 is 0 Å². The van der Waals surface area contributed by atoms with Gasteiger partial charge in [-0.15, -0.1) is 0 Å². The van der Waals surface area contributed by atoms with E-state index in [0.29, 0.717) is 12.0 Å². The maximum atomic E-state index is 6.01. The Bertz CT molecular complexity index is 353. The Morgan fingerprint density at radius 1 is 1.47 bits per heavy atom. The monoisotopic (exact) mass is 225 g/mol. The summed E-state index contributed by atoms with van der Waals surface area (Å²) >= 11 is 6.01. The molecule has 0 amide bonds. The van der Waals surface area contributed by atoms with Crippen LogP contribution in [0, 0.1) is 0 Å². The maximum Gasteiger partial charge on any atom is 0.122 e. The van der Waals surface area contributed by atoms with E-state index in [1.54, 1.807) is 7.11 Å². The molecule has 2 rings (SSSR count). The first-order chi connectivity index (χ1) is 7.20. The molecule has 1 aliphatic rings. The number of halogens is 1. The van der Waals surface area contributed by atoms with Crippen LogP contribution in [-0.2, 0) is 0 Å². The van der Waals surface area contributed by atoms with E-state index in [0.717, 1.165) is 23.7 Å². The first kappa shape index (κ1) is 10.8. The summed E-state index contributed by atoms with van der Waals surface area (Å²) in [5, 5.41) is 4.22. The molecule has 3 heteroatoms. The quantitative estimate of drug-likeness (QED) is 0.836. The molecule has 1 heterocycles. The first-order valence-corrected chi connectivity index (χ1v) is 5.65. The molecule has 0 spiro atoms. The van der Waals surface area contributed by atoms with Crippen molar-refractivity contribution in [3.63, 3.8) is 0 Å². The van der Waals surface area contributed by atoms with Crippen LogP contribution >= 0.6 is 11.6 Å². The van der Waals surface area contributed by atoms with Gasteiger partial charge in [-0.1, -0.05) is 11.6 Å². The number of hydrogen-bond donors (Lipinski definition) is 1. The van der Waals surface area contributed by atoms with Gasteiger partial charge in [0.1, 0.15) is 5.75 Å². The Morgan fingerprint density at radius 2 is 2.27 bits per heavy atom. The molecule has 1 aromatic rings. The van der Waals surface area contributed by atoms with E-state index in [-0.39, 0.29) is 0 Å². The molecule has 2 atom stereocenters. The lowest BCUT2D eigenvalue weighted by Crippen LogP contribution is -2.16. The second-order valence-electron chi connectivity index (χ2n) is 4.13. The molecule has 0 aromatic heterocycles. The predicted molar refractivity (Wildman–Crippen MR) is 62.8 cm³/mol. The zero-order valence-electron chi connectivity index (χ0n) is 9.09. The van der Waals surface area contributed by atoms with Gasteiger partial charge in [0.2, 0.25) is 0 Å². The van der Waals surface area contributed by atoms with E-state index in [1.807, 2.05) is 18.2 Å². The van der Waals surface area contributed by atoms with Gasteiger partial charge in [0.15, 0.2) is 0 Å². The van der Waals surface area contributed by atoms with Gasteiger partial charge in [-0.25, -0.2) is 0 Å². The van der Waals surface area contributed by atoms with Gasteiger partial charge in [-0.05, 0) is 37.1 Å². The van der Waals surface area contributed by atoms with Gasteiger partial charge in [0, 0.05) is 23.5 Å². The minimum absolute atomic E-state index is 0.522. The number of ether oxygens (including phenoxy) is 1. The van der Waals surface area contributed by atoms with Gasteiger partial charge in [0.05, 0.1) is 7.11 Å². The van der Waals surface area contributed by atoms with Crippen LogP contribution in [0.25, 0.3) is 0 Å². The van der Waals surface area contributed by atoms with Crippen molar-refractivity contribution in [2.45, 2.75) is 25.3 Å². The van der Waals surface area contributed by atoms with Crippen molar-refractivity contribution >= 4 is 11.6 Å². The number of methoxy groups -OCH3 is 1. The number of hydrogen-bond acceptors (Lipinski definition) is 2. The molecule has 82 valence electrons. The van der Waals surface area contributed by atoms with E-state index in [2.05, 4.69) is 12.2 Å². The second-order valence-corrected chi connectivity index (χ2v) is 4.56. The summed E-state index contributed by atoms with van der Waals surface area (Å²) in [7, 11) is 1.71. The fraction of sp³-hybridized carbons (Fsp3) is 0.500. The normalized spacial score (nSPS) is 25.5. The highest BCUT2D eigenvalue weighted by molar-refractivity contribution is 6.30. The summed E-state index contributed by atoms with van der Waals surface area (Å²) in [5.74, 6) is 1.47. The van der Waals surface area contributed by atoms with Crippen molar-refractivity contribution in [1.29, 1.82) is 0 Å². The Kier molecular flexibility index (Phi) is 3.17. The summed E-state index contributed by atoms with van der Waals surface area (Å²) in [4.78, 5) is 0. The predicted octanol–water partition coefficient (Wildman–Crippen LogP) is 2.81. The molecule has 0 radical (unpaired) electrons. The average molecular weight is 226 g/mol. The van der Waals surface area contributed by atoms with E-state index >= 15 is 0 Å². The largest absolute Gasteiger partial charge is 0.496 e. The molecular weight excluding hydrogens is 210 g/mol. The van der Waals surface area contributed by atoms with Gasteiger partial charge < -0.3 is 10.1 Å². The highest BCUT2D eigenvalue weighted by Crippen LogP contribution is 2.34. The first-order valence-electron chi connectivity index (χ1n) is 5.27. The van der Waals surface area contributed by atoms with Crippen molar-refractivity contribution in [2.24, 2.45) is 0 Å². The summed E-state index contributed by atoms with van der Waals surface area (Å²) in [6, 6.07) is 6.42. The second kappa shape index (κ2) is 4.42. The van der Waals surface area contributed by atoms with Crippen molar-refractivity contribution in [3.8, 4) is 5.75 Å². The zero-order valence-corrected chi connectivity index (χ0v) is 9.84. The van der Waals surface area contributed by atoms with Crippen LogP contribution in [0.3, 0.4) is 0 Å². The van der Waals surface area contributed by atoms with Crippen LogP contribution in [0.2, 0.25) is 5.02 Å². The number of nitrogens with one attached hydrogen (secondary N) is 1. The van der Waals surface area contributed by atoms with E-state index in [9.17, 15) is 0 Å². The molecule has 2 nitrogen and oxygen atoms in total. The third kappa shape index (κ3) is 2.27. The van der Waals surface area contributed by atoms with E-state index in [1.165, 1.54) is 5.56 Å². The van der Waals surface area contributed by atoms with Gasteiger partial charge in [-0.3, -0.25) is 0 Å². The Hall–Kier alpha value is -0.730. The minimum atomic E-state index is 0.522. The lowest BCUT2D eigenvalue weighted by atomic mass is 9.96. The van der Waals surface area contributed by atoms with Crippen LogP contribution in [0.4, 0.5) is 0 Å². The molecule has 0 saturated carbocycles. The van der Waals surface area contributed by atoms with Crippen LogP contribution in [-0.4, -0.2) is 19.7 Å². The molecule has 0 aliphatic carbocycles. The van der Waals surface area contributed by atoms with Crippen molar-refractivity contribution in [1.82, 2.24) is 5.32 Å². The highest BCUT2D eigenvalue weighted by atomic mass is 35.5. The Labute approximate surface area is 95.6 Å². The number of rotatable bonds is 2.